The molecule has 108 valence electrons. The summed E-state index contributed by atoms with van der Waals surface area (Å²) < 4.78 is 28.5. The van der Waals surface area contributed by atoms with Gasteiger partial charge in [0.1, 0.15) is 0 Å². The van der Waals surface area contributed by atoms with Crippen molar-refractivity contribution in [2.75, 3.05) is 26.2 Å². The SMILES string of the molecule is N#CCCN(CC1CC1)S(=O)(=O)N1CCCCCC1. The average molecular weight is 285 g/mol. The minimum atomic E-state index is -3.36. The van der Waals surface area contributed by atoms with E-state index in [1.165, 1.54) is 0 Å². The largest absolute Gasteiger partial charge is 0.282 e. The monoisotopic (exact) mass is 285 g/mol. The molecule has 1 heterocycles. The zero-order chi connectivity index (χ0) is 13.7. The fraction of sp³-hybridized carbons (Fsp3) is 0.923. The lowest BCUT2D eigenvalue weighted by atomic mass is 10.2. The topological polar surface area (TPSA) is 64.4 Å². The molecule has 1 aliphatic heterocycles. The summed E-state index contributed by atoms with van der Waals surface area (Å²) in [7, 11) is -3.36. The van der Waals surface area contributed by atoms with Crippen LogP contribution in [0.15, 0.2) is 0 Å². The Morgan fingerprint density at radius 1 is 1.16 bits per heavy atom. The molecule has 1 saturated heterocycles. The summed E-state index contributed by atoms with van der Waals surface area (Å²) in [4.78, 5) is 0. The molecule has 0 aromatic rings. The number of hydrogen-bond donors (Lipinski definition) is 0. The van der Waals surface area contributed by atoms with Crippen LogP contribution in [-0.2, 0) is 10.2 Å². The van der Waals surface area contributed by atoms with Gasteiger partial charge in [-0.25, -0.2) is 0 Å². The van der Waals surface area contributed by atoms with Gasteiger partial charge in [-0.3, -0.25) is 0 Å². The molecule has 2 fully saturated rings. The Balaban J connectivity index is 2.04. The molecule has 0 aromatic heterocycles. The van der Waals surface area contributed by atoms with Crippen molar-refractivity contribution >= 4 is 10.2 Å². The lowest BCUT2D eigenvalue weighted by Crippen LogP contribution is -2.45. The number of nitrogens with zero attached hydrogens (tertiary/aromatic N) is 3. The predicted octanol–water partition coefficient (Wildman–Crippen LogP) is 1.73. The van der Waals surface area contributed by atoms with Gasteiger partial charge in [0, 0.05) is 32.6 Å². The zero-order valence-electron chi connectivity index (χ0n) is 11.4. The lowest BCUT2D eigenvalue weighted by molar-refractivity contribution is 0.335. The lowest BCUT2D eigenvalue weighted by Gasteiger charge is -2.28. The summed E-state index contributed by atoms with van der Waals surface area (Å²) in [6, 6.07) is 2.05. The zero-order valence-corrected chi connectivity index (χ0v) is 12.2. The molecule has 6 heteroatoms. The summed E-state index contributed by atoms with van der Waals surface area (Å²) in [6.45, 7) is 2.21. The van der Waals surface area contributed by atoms with Crippen LogP contribution in [0.2, 0.25) is 0 Å². The molecule has 0 bridgehead atoms. The van der Waals surface area contributed by atoms with Crippen molar-refractivity contribution in [3.05, 3.63) is 0 Å². The van der Waals surface area contributed by atoms with E-state index in [9.17, 15) is 8.42 Å². The smallest absolute Gasteiger partial charge is 0.198 e. The van der Waals surface area contributed by atoms with E-state index >= 15 is 0 Å². The van der Waals surface area contributed by atoms with Crippen LogP contribution in [0.5, 0.6) is 0 Å². The third kappa shape index (κ3) is 4.16. The van der Waals surface area contributed by atoms with Crippen molar-refractivity contribution in [1.82, 2.24) is 8.61 Å². The van der Waals surface area contributed by atoms with E-state index in [4.69, 9.17) is 5.26 Å². The second kappa shape index (κ2) is 6.69. The third-order valence-electron chi connectivity index (χ3n) is 3.85. The highest BCUT2D eigenvalue weighted by Crippen LogP contribution is 2.31. The molecule has 19 heavy (non-hydrogen) atoms. The first-order chi connectivity index (χ1) is 9.14. The van der Waals surface area contributed by atoms with Crippen LogP contribution in [0.1, 0.15) is 44.9 Å². The van der Waals surface area contributed by atoms with E-state index in [0.29, 0.717) is 32.1 Å². The van der Waals surface area contributed by atoms with E-state index in [-0.39, 0.29) is 6.42 Å². The van der Waals surface area contributed by atoms with Crippen LogP contribution in [0, 0.1) is 17.2 Å². The predicted molar refractivity (Wildman–Crippen MR) is 73.5 cm³/mol. The normalized spacial score (nSPS) is 22.1. The maximum absolute atomic E-state index is 12.7. The highest BCUT2D eigenvalue weighted by atomic mass is 32.2. The Morgan fingerprint density at radius 2 is 1.79 bits per heavy atom. The number of hydrogen-bond acceptors (Lipinski definition) is 3. The Morgan fingerprint density at radius 3 is 2.32 bits per heavy atom. The molecular formula is C13H23N3O2S. The summed E-state index contributed by atoms with van der Waals surface area (Å²) in [5.41, 5.74) is 0. The minimum Gasteiger partial charge on any atom is -0.198 e. The van der Waals surface area contributed by atoms with Gasteiger partial charge in [-0.1, -0.05) is 12.8 Å². The quantitative estimate of drug-likeness (QED) is 0.746. The van der Waals surface area contributed by atoms with Crippen molar-refractivity contribution in [3.8, 4) is 6.07 Å². The van der Waals surface area contributed by atoms with Gasteiger partial charge < -0.3 is 0 Å². The van der Waals surface area contributed by atoms with E-state index in [1.807, 2.05) is 0 Å². The molecule has 0 aromatic carbocycles. The van der Waals surface area contributed by atoms with E-state index in [1.54, 1.807) is 8.61 Å². The Kier molecular flexibility index (Phi) is 5.20. The molecule has 0 N–H and O–H groups in total. The molecule has 0 amide bonds. The van der Waals surface area contributed by atoms with E-state index in [0.717, 1.165) is 38.5 Å². The first-order valence-corrected chi connectivity index (χ1v) is 8.66. The Labute approximate surface area is 116 Å². The average Bonchev–Trinajstić information content (AvgIpc) is 3.20. The molecule has 0 atom stereocenters. The van der Waals surface area contributed by atoms with Crippen LogP contribution in [0.25, 0.3) is 0 Å². The second-order valence-electron chi connectivity index (χ2n) is 5.53. The maximum atomic E-state index is 12.7. The van der Waals surface area contributed by atoms with Crippen molar-refractivity contribution in [2.45, 2.75) is 44.9 Å². The minimum absolute atomic E-state index is 0.278. The standard InChI is InChI=1S/C13H23N3O2S/c14-8-5-11-16(12-13-6-7-13)19(17,18)15-9-3-1-2-4-10-15/h13H,1-7,9-12H2. The number of nitriles is 1. The fourth-order valence-corrected chi connectivity index (χ4v) is 4.27. The highest BCUT2D eigenvalue weighted by molar-refractivity contribution is 7.86. The molecule has 2 aliphatic rings. The second-order valence-corrected chi connectivity index (χ2v) is 7.46. The van der Waals surface area contributed by atoms with Crippen molar-refractivity contribution in [2.24, 2.45) is 5.92 Å². The molecular weight excluding hydrogens is 262 g/mol. The molecule has 0 radical (unpaired) electrons. The number of rotatable bonds is 6. The molecule has 1 aliphatic carbocycles. The van der Waals surface area contributed by atoms with E-state index in [2.05, 4.69) is 6.07 Å². The van der Waals surface area contributed by atoms with Crippen molar-refractivity contribution in [3.63, 3.8) is 0 Å². The van der Waals surface area contributed by atoms with Gasteiger partial charge in [-0.2, -0.15) is 22.3 Å². The highest BCUT2D eigenvalue weighted by Gasteiger charge is 2.34. The van der Waals surface area contributed by atoms with Gasteiger partial charge in [-0.15, -0.1) is 0 Å². The third-order valence-corrected chi connectivity index (χ3v) is 5.85. The molecule has 2 rings (SSSR count). The van der Waals surface area contributed by atoms with Crippen molar-refractivity contribution < 1.29 is 8.42 Å². The van der Waals surface area contributed by atoms with Crippen LogP contribution in [-0.4, -0.2) is 43.2 Å². The Bertz CT molecular complexity index is 418. The summed E-state index contributed by atoms with van der Waals surface area (Å²) >= 11 is 0. The molecule has 5 nitrogen and oxygen atoms in total. The first kappa shape index (κ1) is 14.8. The van der Waals surface area contributed by atoms with Gasteiger partial charge in [0.15, 0.2) is 0 Å². The fourth-order valence-electron chi connectivity index (χ4n) is 2.50. The van der Waals surface area contributed by atoms with Crippen LogP contribution < -0.4 is 0 Å². The van der Waals surface area contributed by atoms with E-state index < -0.39 is 10.2 Å². The molecule has 1 saturated carbocycles. The van der Waals surface area contributed by atoms with Gasteiger partial charge in [0.2, 0.25) is 0 Å². The van der Waals surface area contributed by atoms with Crippen LogP contribution in [0.3, 0.4) is 0 Å². The maximum Gasteiger partial charge on any atom is 0.282 e. The van der Waals surface area contributed by atoms with Gasteiger partial charge in [0.05, 0.1) is 6.07 Å². The molecule has 0 unspecified atom stereocenters. The van der Waals surface area contributed by atoms with Crippen molar-refractivity contribution in [1.29, 1.82) is 5.26 Å². The van der Waals surface area contributed by atoms with Crippen LogP contribution >= 0.6 is 0 Å². The Hall–Kier alpha value is -0.640. The summed E-state index contributed by atoms with van der Waals surface area (Å²) in [6.07, 6.45) is 6.67. The summed E-state index contributed by atoms with van der Waals surface area (Å²) in [5, 5.41) is 8.70. The van der Waals surface area contributed by atoms with Gasteiger partial charge in [0.25, 0.3) is 10.2 Å². The summed E-state index contributed by atoms with van der Waals surface area (Å²) in [5.74, 6) is 0.514. The molecule has 0 spiro atoms. The van der Waals surface area contributed by atoms with Gasteiger partial charge >= 0.3 is 0 Å². The van der Waals surface area contributed by atoms with Gasteiger partial charge in [-0.05, 0) is 31.6 Å². The first-order valence-electron chi connectivity index (χ1n) is 7.27. The van der Waals surface area contributed by atoms with Crippen LogP contribution in [0.4, 0.5) is 0 Å².